The second kappa shape index (κ2) is 8.39. The number of ether oxygens (including phenoxy) is 1. The zero-order valence-corrected chi connectivity index (χ0v) is 11.8. The second-order valence-corrected chi connectivity index (χ2v) is 4.34. The van der Waals surface area contributed by atoms with Crippen molar-refractivity contribution < 1.29 is 14.3 Å². The van der Waals surface area contributed by atoms with Crippen molar-refractivity contribution in [3.63, 3.8) is 0 Å². The van der Waals surface area contributed by atoms with Crippen molar-refractivity contribution in [2.75, 3.05) is 6.61 Å². The molecule has 1 aromatic carbocycles. The van der Waals surface area contributed by atoms with Crippen molar-refractivity contribution in [1.29, 1.82) is 0 Å². The van der Waals surface area contributed by atoms with Crippen molar-refractivity contribution in [3.05, 3.63) is 40.7 Å². The second-order valence-electron chi connectivity index (χ2n) is 3.28. The summed E-state index contributed by atoms with van der Waals surface area (Å²) in [4.78, 5) is 24.2. The van der Waals surface area contributed by atoms with Gasteiger partial charge in [-0.2, -0.15) is 0 Å². The summed E-state index contributed by atoms with van der Waals surface area (Å²) in [5.74, 6) is 0. The van der Waals surface area contributed by atoms with Gasteiger partial charge in [-0.15, -0.1) is 11.3 Å². The number of hydrogen-bond donors (Lipinski definition) is 0. The van der Waals surface area contributed by atoms with Crippen LogP contribution in [0.1, 0.15) is 17.3 Å². The lowest BCUT2D eigenvalue weighted by molar-refractivity contribution is -0.128. The summed E-state index contributed by atoms with van der Waals surface area (Å²) in [5, 5.41) is 1.49. The highest BCUT2D eigenvalue weighted by Gasteiger charge is 2.04. The Labute approximate surface area is 120 Å². The maximum absolute atomic E-state index is 10.9. The van der Waals surface area contributed by atoms with Crippen molar-refractivity contribution in [2.45, 2.75) is 6.92 Å². The average Bonchev–Trinajstić information content (AvgIpc) is 2.94. The lowest BCUT2D eigenvalue weighted by Crippen LogP contribution is -1.88. The largest absolute Gasteiger partial charge is 0.468 e. The van der Waals surface area contributed by atoms with Gasteiger partial charge in [0.25, 0.3) is 11.7 Å². The van der Waals surface area contributed by atoms with E-state index in [1.165, 1.54) is 11.3 Å². The Morgan fingerprint density at radius 1 is 1.53 bits per heavy atom. The zero-order chi connectivity index (χ0) is 14.1. The molecule has 2 rings (SSSR count). The number of halogens is 1. The minimum atomic E-state index is -0.443. The number of benzene rings is 1. The first-order chi connectivity index (χ1) is 9.19. The van der Waals surface area contributed by atoms with Gasteiger partial charge in [-0.05, 0) is 24.6 Å². The van der Waals surface area contributed by atoms with Crippen LogP contribution < -0.4 is 0 Å². The third kappa shape index (κ3) is 5.19. The smallest absolute Gasteiger partial charge is 0.293 e. The Bertz CT molecular complexity index is 528. The van der Waals surface area contributed by atoms with Crippen molar-refractivity contribution in [3.8, 4) is 11.3 Å². The highest BCUT2D eigenvalue weighted by atomic mass is 35.5. The van der Waals surface area contributed by atoms with E-state index in [-0.39, 0.29) is 0 Å². The molecule has 0 amide bonds. The first-order valence-electron chi connectivity index (χ1n) is 5.42. The van der Waals surface area contributed by atoms with Crippen LogP contribution in [0.25, 0.3) is 11.3 Å². The van der Waals surface area contributed by atoms with Crippen LogP contribution in [0, 0.1) is 0 Å². The van der Waals surface area contributed by atoms with E-state index < -0.39 is 5.24 Å². The number of carbonyl (C=O) groups excluding carboxylic acids is 2. The van der Waals surface area contributed by atoms with Gasteiger partial charge in [0.2, 0.25) is 0 Å². The number of rotatable bonds is 4. The Balaban J connectivity index is 0.000000312. The van der Waals surface area contributed by atoms with Crippen LogP contribution in [-0.4, -0.2) is 23.3 Å². The Kier molecular flexibility index (Phi) is 6.78. The first-order valence-corrected chi connectivity index (χ1v) is 6.74. The van der Waals surface area contributed by atoms with Crippen LogP contribution in [0.2, 0.25) is 0 Å². The third-order valence-corrected chi connectivity index (χ3v) is 2.86. The van der Waals surface area contributed by atoms with E-state index in [0.29, 0.717) is 18.6 Å². The van der Waals surface area contributed by atoms with E-state index in [1.807, 2.05) is 11.4 Å². The van der Waals surface area contributed by atoms with Gasteiger partial charge in [0, 0.05) is 16.5 Å². The molecule has 0 fully saturated rings. The van der Waals surface area contributed by atoms with Crippen LogP contribution in [0.5, 0.6) is 0 Å². The summed E-state index contributed by atoms with van der Waals surface area (Å²) >= 11 is 6.90. The quantitative estimate of drug-likeness (QED) is 0.641. The molecule has 0 aliphatic rings. The molecule has 19 heavy (non-hydrogen) atoms. The first kappa shape index (κ1) is 15.3. The van der Waals surface area contributed by atoms with Gasteiger partial charge in [-0.3, -0.25) is 9.59 Å². The molecule has 0 saturated heterocycles. The molecule has 2 aromatic rings. The standard InChI is InChI=1S/C10H6ClNOS.C3H6O2/c11-10(13)8-3-1-2-7(4-8)9-5-14-6-12-9;1-2-5-3-4/h1-6H;3H,2H2,1H3. The van der Waals surface area contributed by atoms with Crippen molar-refractivity contribution >= 4 is 34.7 Å². The number of thiazole rings is 1. The molecule has 0 radical (unpaired) electrons. The summed E-state index contributed by atoms with van der Waals surface area (Å²) in [5.41, 5.74) is 4.04. The minimum Gasteiger partial charge on any atom is -0.468 e. The van der Waals surface area contributed by atoms with Gasteiger partial charge in [-0.1, -0.05) is 18.2 Å². The molecule has 0 unspecified atom stereocenters. The average molecular weight is 298 g/mol. The van der Waals surface area contributed by atoms with E-state index in [9.17, 15) is 9.59 Å². The maximum atomic E-state index is 10.9. The lowest BCUT2D eigenvalue weighted by Gasteiger charge is -1.98. The van der Waals surface area contributed by atoms with Gasteiger partial charge in [0.1, 0.15) is 0 Å². The monoisotopic (exact) mass is 297 g/mol. The molecule has 1 aromatic heterocycles. The summed E-state index contributed by atoms with van der Waals surface area (Å²) in [6.07, 6.45) is 0. The van der Waals surface area contributed by atoms with E-state index >= 15 is 0 Å². The molecule has 6 heteroatoms. The van der Waals surface area contributed by atoms with Gasteiger partial charge in [0.05, 0.1) is 17.8 Å². The van der Waals surface area contributed by atoms with E-state index in [0.717, 1.165) is 11.3 Å². The predicted molar refractivity (Wildman–Crippen MR) is 75.4 cm³/mol. The molecule has 0 aliphatic carbocycles. The SMILES string of the molecule is CCOC=O.O=C(Cl)c1cccc(-c2cscn2)c1. The van der Waals surface area contributed by atoms with Crippen LogP contribution in [0.3, 0.4) is 0 Å². The fourth-order valence-electron chi connectivity index (χ4n) is 1.22. The highest BCUT2D eigenvalue weighted by Crippen LogP contribution is 2.20. The Hall–Kier alpha value is -1.72. The Morgan fingerprint density at radius 2 is 2.32 bits per heavy atom. The van der Waals surface area contributed by atoms with E-state index in [4.69, 9.17) is 11.6 Å². The molecular formula is C13H12ClNO3S. The van der Waals surface area contributed by atoms with Gasteiger partial charge in [-0.25, -0.2) is 4.98 Å². The van der Waals surface area contributed by atoms with Gasteiger partial charge < -0.3 is 4.74 Å². The summed E-state index contributed by atoms with van der Waals surface area (Å²) in [6, 6.07) is 7.12. The highest BCUT2D eigenvalue weighted by molar-refractivity contribution is 7.07. The topological polar surface area (TPSA) is 56.3 Å². The molecule has 0 N–H and O–H groups in total. The zero-order valence-electron chi connectivity index (χ0n) is 10.2. The third-order valence-electron chi connectivity index (χ3n) is 2.05. The van der Waals surface area contributed by atoms with Crippen molar-refractivity contribution in [2.24, 2.45) is 0 Å². The predicted octanol–water partition coefficient (Wildman–Crippen LogP) is 3.37. The molecule has 0 atom stereocenters. The maximum Gasteiger partial charge on any atom is 0.293 e. The van der Waals surface area contributed by atoms with E-state index in [2.05, 4.69) is 9.72 Å². The number of carbonyl (C=O) groups is 2. The molecule has 0 bridgehead atoms. The number of aromatic nitrogens is 1. The van der Waals surface area contributed by atoms with Gasteiger partial charge in [0.15, 0.2) is 0 Å². The molecule has 1 heterocycles. The normalized spacial score (nSPS) is 9.16. The molecule has 0 saturated carbocycles. The molecule has 0 spiro atoms. The van der Waals surface area contributed by atoms with Crippen molar-refractivity contribution in [1.82, 2.24) is 4.98 Å². The number of nitrogens with zero attached hydrogens (tertiary/aromatic N) is 1. The minimum absolute atomic E-state index is 0.431. The molecule has 100 valence electrons. The van der Waals surface area contributed by atoms with Gasteiger partial charge >= 0.3 is 0 Å². The fourth-order valence-corrected chi connectivity index (χ4v) is 1.90. The fraction of sp³-hybridized carbons (Fsp3) is 0.154. The molecular weight excluding hydrogens is 286 g/mol. The van der Waals surface area contributed by atoms with Crippen LogP contribution in [-0.2, 0) is 9.53 Å². The van der Waals surface area contributed by atoms with Crippen LogP contribution >= 0.6 is 22.9 Å². The molecule has 4 nitrogen and oxygen atoms in total. The number of hydrogen-bond acceptors (Lipinski definition) is 5. The van der Waals surface area contributed by atoms with Crippen LogP contribution in [0.4, 0.5) is 0 Å². The lowest BCUT2D eigenvalue weighted by atomic mass is 10.1. The van der Waals surface area contributed by atoms with E-state index in [1.54, 1.807) is 30.6 Å². The summed E-state index contributed by atoms with van der Waals surface area (Å²) in [6.45, 7) is 2.66. The summed E-state index contributed by atoms with van der Waals surface area (Å²) in [7, 11) is 0. The summed E-state index contributed by atoms with van der Waals surface area (Å²) < 4.78 is 4.15. The van der Waals surface area contributed by atoms with Crippen LogP contribution in [0.15, 0.2) is 35.2 Å². The molecule has 0 aliphatic heterocycles. The Morgan fingerprint density at radius 3 is 2.79 bits per heavy atom.